The maximum Gasteiger partial charge on any atom is 0.191 e. The van der Waals surface area contributed by atoms with Gasteiger partial charge in [-0.2, -0.15) is 0 Å². The molecule has 1 aliphatic rings. The summed E-state index contributed by atoms with van der Waals surface area (Å²) in [6.45, 7) is 5.95. The topological polar surface area (TPSA) is 64.1 Å². The highest BCUT2D eigenvalue weighted by molar-refractivity contribution is 14.0. The van der Waals surface area contributed by atoms with Crippen molar-refractivity contribution in [2.24, 2.45) is 10.9 Å². The molecule has 0 unspecified atom stereocenters. The summed E-state index contributed by atoms with van der Waals surface area (Å²) in [6.07, 6.45) is 3.52. The zero-order chi connectivity index (χ0) is 17.9. The number of nitrogens with one attached hydrogen (secondary N) is 2. The van der Waals surface area contributed by atoms with Crippen LogP contribution < -0.4 is 20.1 Å². The molecule has 1 saturated carbocycles. The quantitative estimate of drug-likeness (QED) is 0.222. The van der Waals surface area contributed by atoms with E-state index < -0.39 is 0 Å². The minimum absolute atomic E-state index is 0. The van der Waals surface area contributed by atoms with E-state index in [1.807, 2.05) is 12.1 Å². The van der Waals surface area contributed by atoms with Crippen molar-refractivity contribution < 1.29 is 14.2 Å². The molecule has 0 aliphatic heterocycles. The first-order valence-electron chi connectivity index (χ1n) is 9.07. The van der Waals surface area contributed by atoms with Gasteiger partial charge in [0.25, 0.3) is 0 Å². The number of rotatable bonds is 11. The predicted octanol–water partition coefficient (Wildman–Crippen LogP) is 2.85. The Hall–Kier alpha value is -1.22. The highest BCUT2D eigenvalue weighted by atomic mass is 127. The third-order valence-corrected chi connectivity index (χ3v) is 4.05. The number of guanidine groups is 1. The van der Waals surface area contributed by atoms with E-state index in [-0.39, 0.29) is 24.0 Å². The van der Waals surface area contributed by atoms with Gasteiger partial charge in [0.1, 0.15) is 0 Å². The summed E-state index contributed by atoms with van der Waals surface area (Å²) in [5.41, 5.74) is 1.19. The Kier molecular flexibility index (Phi) is 11.4. The van der Waals surface area contributed by atoms with Crippen LogP contribution in [0.2, 0.25) is 0 Å². The van der Waals surface area contributed by atoms with Crippen LogP contribution in [0.1, 0.15) is 25.3 Å². The van der Waals surface area contributed by atoms with Crippen LogP contribution in [0.15, 0.2) is 23.2 Å². The molecule has 148 valence electrons. The van der Waals surface area contributed by atoms with Gasteiger partial charge < -0.3 is 24.8 Å². The summed E-state index contributed by atoms with van der Waals surface area (Å²) < 4.78 is 16.2. The van der Waals surface area contributed by atoms with Crippen LogP contribution in [0.4, 0.5) is 0 Å². The molecule has 2 rings (SSSR count). The van der Waals surface area contributed by atoms with Crippen molar-refractivity contribution in [2.45, 2.75) is 26.2 Å². The lowest BCUT2D eigenvalue weighted by atomic mass is 10.1. The Balaban J connectivity index is 0.00000338. The Bertz CT molecular complexity index is 551. The lowest BCUT2D eigenvalue weighted by Gasteiger charge is -2.12. The molecule has 2 N–H and O–H groups in total. The average molecular weight is 477 g/mol. The molecule has 0 radical (unpaired) electrons. The van der Waals surface area contributed by atoms with Crippen LogP contribution in [0.25, 0.3) is 0 Å². The highest BCUT2D eigenvalue weighted by Crippen LogP contribution is 2.28. The smallest absolute Gasteiger partial charge is 0.191 e. The lowest BCUT2D eigenvalue weighted by molar-refractivity contribution is 0.131. The Morgan fingerprint density at radius 1 is 1.15 bits per heavy atom. The summed E-state index contributed by atoms with van der Waals surface area (Å²) in [5.74, 6) is 3.14. The molecule has 26 heavy (non-hydrogen) atoms. The predicted molar refractivity (Wildman–Crippen MR) is 116 cm³/mol. The molecule has 0 spiro atoms. The van der Waals surface area contributed by atoms with Crippen LogP contribution >= 0.6 is 24.0 Å². The van der Waals surface area contributed by atoms with Crippen LogP contribution in [0.3, 0.4) is 0 Å². The van der Waals surface area contributed by atoms with Crippen molar-refractivity contribution >= 4 is 29.9 Å². The molecule has 0 aromatic heterocycles. The summed E-state index contributed by atoms with van der Waals surface area (Å²) in [5, 5.41) is 6.62. The van der Waals surface area contributed by atoms with Gasteiger partial charge in [-0.25, -0.2) is 0 Å². The standard InChI is InChI=1S/C19H31N3O3.HI/c1-4-20-19(22-11-12-25-14-16-5-6-16)21-10-9-15-7-8-17(23-2)18(13-15)24-3;/h7-8,13,16H,4-6,9-12,14H2,1-3H3,(H2,20,21,22);1H. The molecule has 1 aliphatic carbocycles. The fraction of sp³-hybridized carbons (Fsp3) is 0.632. The van der Waals surface area contributed by atoms with Gasteiger partial charge in [-0.3, -0.25) is 4.99 Å². The van der Waals surface area contributed by atoms with E-state index in [9.17, 15) is 0 Å². The number of ether oxygens (including phenoxy) is 3. The second-order valence-corrected chi connectivity index (χ2v) is 6.15. The van der Waals surface area contributed by atoms with E-state index in [2.05, 4.69) is 28.6 Å². The third-order valence-electron chi connectivity index (χ3n) is 4.05. The molecule has 6 nitrogen and oxygen atoms in total. The molecular weight excluding hydrogens is 445 g/mol. The van der Waals surface area contributed by atoms with Gasteiger partial charge in [0.15, 0.2) is 17.5 Å². The summed E-state index contributed by atoms with van der Waals surface area (Å²) in [7, 11) is 3.30. The van der Waals surface area contributed by atoms with Crippen LogP contribution in [0.5, 0.6) is 11.5 Å². The van der Waals surface area contributed by atoms with Crippen molar-refractivity contribution in [1.29, 1.82) is 0 Å². The molecule has 1 aromatic rings. The fourth-order valence-electron chi connectivity index (χ4n) is 2.46. The Morgan fingerprint density at radius 2 is 1.92 bits per heavy atom. The third kappa shape index (κ3) is 8.44. The normalized spacial score (nSPS) is 13.7. The molecule has 0 bridgehead atoms. The Labute approximate surface area is 174 Å². The molecule has 0 saturated heterocycles. The SMILES string of the molecule is CCNC(=NCCOCC1CC1)NCCc1ccc(OC)c(OC)c1.I. The second-order valence-electron chi connectivity index (χ2n) is 6.15. The number of nitrogens with zero attached hydrogens (tertiary/aromatic N) is 1. The monoisotopic (exact) mass is 477 g/mol. The van der Waals surface area contributed by atoms with Gasteiger partial charge in [-0.1, -0.05) is 6.07 Å². The van der Waals surface area contributed by atoms with E-state index in [4.69, 9.17) is 14.2 Å². The van der Waals surface area contributed by atoms with Crippen molar-refractivity contribution in [1.82, 2.24) is 10.6 Å². The molecule has 1 fully saturated rings. The number of halogens is 1. The average Bonchev–Trinajstić information content (AvgIpc) is 3.45. The number of methoxy groups -OCH3 is 2. The maximum absolute atomic E-state index is 5.62. The van der Waals surface area contributed by atoms with Crippen molar-refractivity contribution in [2.75, 3.05) is 47.1 Å². The van der Waals surface area contributed by atoms with Crippen molar-refractivity contribution in [3.8, 4) is 11.5 Å². The van der Waals surface area contributed by atoms with Gasteiger partial charge in [-0.15, -0.1) is 24.0 Å². The van der Waals surface area contributed by atoms with E-state index in [1.165, 1.54) is 18.4 Å². The zero-order valence-corrected chi connectivity index (χ0v) is 18.4. The van der Waals surface area contributed by atoms with E-state index in [0.29, 0.717) is 13.2 Å². The summed E-state index contributed by atoms with van der Waals surface area (Å²) in [4.78, 5) is 4.55. The lowest BCUT2D eigenvalue weighted by Crippen LogP contribution is -2.38. The minimum Gasteiger partial charge on any atom is -0.493 e. The van der Waals surface area contributed by atoms with Crippen molar-refractivity contribution in [3.05, 3.63) is 23.8 Å². The van der Waals surface area contributed by atoms with Gasteiger partial charge in [0, 0.05) is 19.7 Å². The summed E-state index contributed by atoms with van der Waals surface area (Å²) >= 11 is 0. The first-order valence-corrected chi connectivity index (χ1v) is 9.07. The molecular formula is C19H32IN3O3. The maximum atomic E-state index is 5.62. The summed E-state index contributed by atoms with van der Waals surface area (Å²) in [6, 6.07) is 6.00. The number of hydrogen-bond donors (Lipinski definition) is 2. The zero-order valence-electron chi connectivity index (χ0n) is 16.0. The van der Waals surface area contributed by atoms with Crippen LogP contribution in [-0.2, 0) is 11.2 Å². The van der Waals surface area contributed by atoms with Gasteiger partial charge in [0.2, 0.25) is 0 Å². The minimum atomic E-state index is 0. The number of hydrogen-bond acceptors (Lipinski definition) is 4. The Morgan fingerprint density at radius 3 is 2.58 bits per heavy atom. The van der Waals surface area contributed by atoms with Gasteiger partial charge in [-0.05, 0) is 49.8 Å². The largest absolute Gasteiger partial charge is 0.493 e. The van der Waals surface area contributed by atoms with E-state index in [1.54, 1.807) is 14.2 Å². The molecule has 1 aromatic carbocycles. The first kappa shape index (κ1) is 22.8. The van der Waals surface area contributed by atoms with Crippen LogP contribution in [-0.4, -0.2) is 53.0 Å². The first-order chi connectivity index (χ1) is 12.3. The van der Waals surface area contributed by atoms with Gasteiger partial charge >= 0.3 is 0 Å². The number of benzene rings is 1. The van der Waals surface area contributed by atoms with Crippen molar-refractivity contribution in [3.63, 3.8) is 0 Å². The number of aliphatic imine (C=N–C) groups is 1. The molecule has 0 atom stereocenters. The van der Waals surface area contributed by atoms with E-state index in [0.717, 1.165) is 49.5 Å². The molecule has 0 heterocycles. The highest BCUT2D eigenvalue weighted by Gasteiger charge is 2.20. The van der Waals surface area contributed by atoms with E-state index >= 15 is 0 Å². The molecule has 0 amide bonds. The van der Waals surface area contributed by atoms with Crippen LogP contribution in [0, 0.1) is 5.92 Å². The van der Waals surface area contributed by atoms with Gasteiger partial charge in [0.05, 0.1) is 27.4 Å². The fourth-order valence-corrected chi connectivity index (χ4v) is 2.46. The second kappa shape index (κ2) is 13.0. The molecule has 7 heteroatoms.